The van der Waals surface area contributed by atoms with Gasteiger partial charge < -0.3 is 10.5 Å². The molecule has 0 spiro atoms. The van der Waals surface area contributed by atoms with Crippen LogP contribution in [0.2, 0.25) is 5.02 Å². The van der Waals surface area contributed by atoms with Gasteiger partial charge in [0.15, 0.2) is 0 Å². The van der Waals surface area contributed by atoms with Gasteiger partial charge in [0.2, 0.25) is 0 Å². The molecule has 0 fully saturated rings. The molecular formula is C18H17ClN2OS. The fraction of sp³-hybridized carbons (Fsp3) is 0.167. The van der Waals surface area contributed by atoms with E-state index in [0.717, 1.165) is 33.8 Å². The van der Waals surface area contributed by atoms with Crippen molar-refractivity contribution in [2.45, 2.75) is 11.3 Å². The summed E-state index contributed by atoms with van der Waals surface area (Å²) in [7, 11) is 1.65. The molecule has 3 aromatic rings. The quantitative estimate of drug-likeness (QED) is 0.532. The number of aryl methyl sites for hydroxylation is 1. The van der Waals surface area contributed by atoms with Gasteiger partial charge in [0.05, 0.1) is 18.3 Å². The zero-order valence-electron chi connectivity index (χ0n) is 12.8. The first-order valence-electron chi connectivity index (χ1n) is 7.27. The van der Waals surface area contributed by atoms with Crippen LogP contribution >= 0.6 is 23.4 Å². The van der Waals surface area contributed by atoms with E-state index < -0.39 is 0 Å². The first-order chi connectivity index (χ1) is 11.2. The third-order valence-corrected chi connectivity index (χ3v) is 4.89. The highest BCUT2D eigenvalue weighted by Crippen LogP contribution is 2.29. The van der Waals surface area contributed by atoms with Gasteiger partial charge in [0.1, 0.15) is 5.75 Å². The van der Waals surface area contributed by atoms with Crippen molar-refractivity contribution >= 4 is 40.0 Å². The molecule has 0 amide bonds. The molecule has 3 rings (SSSR count). The van der Waals surface area contributed by atoms with Crippen LogP contribution in [0.15, 0.2) is 53.6 Å². The average molecular weight is 345 g/mol. The van der Waals surface area contributed by atoms with Crippen molar-refractivity contribution in [3.63, 3.8) is 0 Å². The summed E-state index contributed by atoms with van der Waals surface area (Å²) in [4.78, 5) is 5.60. The standard InChI is InChI=1S/C18H17ClN2OS/c1-22-14-10-16-12(6-8-21-18(16)17(20)11-14)7-9-23-15-4-2-13(19)3-5-15/h2-6,8,10-11H,7,9,20H2,1H3. The lowest BCUT2D eigenvalue weighted by molar-refractivity contribution is 0.415. The normalized spacial score (nSPS) is 10.9. The van der Waals surface area contributed by atoms with Crippen LogP contribution in [0.1, 0.15) is 5.56 Å². The summed E-state index contributed by atoms with van der Waals surface area (Å²) in [5.41, 5.74) is 8.78. The van der Waals surface area contributed by atoms with Gasteiger partial charge in [-0.15, -0.1) is 11.8 Å². The number of aromatic nitrogens is 1. The van der Waals surface area contributed by atoms with Crippen LogP contribution in [0.4, 0.5) is 5.69 Å². The molecule has 0 atom stereocenters. The smallest absolute Gasteiger partial charge is 0.121 e. The molecule has 0 saturated heterocycles. The van der Waals surface area contributed by atoms with Crippen LogP contribution in [0.3, 0.4) is 0 Å². The maximum atomic E-state index is 6.08. The molecule has 0 saturated carbocycles. The van der Waals surface area contributed by atoms with Crippen molar-refractivity contribution < 1.29 is 4.74 Å². The summed E-state index contributed by atoms with van der Waals surface area (Å²) in [5.74, 6) is 1.73. The minimum Gasteiger partial charge on any atom is -0.497 e. The number of ether oxygens (including phenoxy) is 1. The molecule has 0 aliphatic carbocycles. The van der Waals surface area contributed by atoms with Crippen molar-refractivity contribution in [3.8, 4) is 5.75 Å². The van der Waals surface area contributed by atoms with E-state index in [0.29, 0.717) is 5.69 Å². The second kappa shape index (κ2) is 7.11. The number of hydrogen-bond donors (Lipinski definition) is 1. The third-order valence-electron chi connectivity index (χ3n) is 3.63. The van der Waals surface area contributed by atoms with Crippen molar-refractivity contribution in [1.82, 2.24) is 4.98 Å². The largest absolute Gasteiger partial charge is 0.497 e. The number of anilines is 1. The Morgan fingerprint density at radius 1 is 1.17 bits per heavy atom. The summed E-state index contributed by atoms with van der Waals surface area (Å²) in [6, 6.07) is 13.8. The number of pyridine rings is 1. The number of hydrogen-bond acceptors (Lipinski definition) is 4. The lowest BCUT2D eigenvalue weighted by atomic mass is 10.1. The van der Waals surface area contributed by atoms with Crippen molar-refractivity contribution in [2.24, 2.45) is 0 Å². The summed E-state index contributed by atoms with van der Waals surface area (Å²) in [6.45, 7) is 0. The first-order valence-corrected chi connectivity index (χ1v) is 8.63. The van der Waals surface area contributed by atoms with Crippen molar-refractivity contribution in [3.05, 3.63) is 59.2 Å². The Morgan fingerprint density at radius 3 is 2.70 bits per heavy atom. The van der Waals surface area contributed by atoms with Crippen LogP contribution in [0, 0.1) is 0 Å². The number of nitrogen functional groups attached to an aromatic ring is 1. The van der Waals surface area contributed by atoms with Crippen molar-refractivity contribution in [1.29, 1.82) is 0 Å². The Hall–Kier alpha value is -1.91. The number of nitrogens with two attached hydrogens (primary N) is 1. The zero-order chi connectivity index (χ0) is 16.2. The van der Waals surface area contributed by atoms with Crippen LogP contribution in [0.5, 0.6) is 5.75 Å². The van der Waals surface area contributed by atoms with E-state index in [1.165, 1.54) is 10.5 Å². The van der Waals surface area contributed by atoms with Crippen molar-refractivity contribution in [2.75, 3.05) is 18.6 Å². The Kier molecular flexibility index (Phi) is 4.94. The monoisotopic (exact) mass is 344 g/mol. The number of nitrogens with zero attached hydrogens (tertiary/aromatic N) is 1. The summed E-state index contributed by atoms with van der Waals surface area (Å²) in [6.07, 6.45) is 2.74. The van der Waals surface area contributed by atoms with Crippen LogP contribution < -0.4 is 10.5 Å². The van der Waals surface area contributed by atoms with Gasteiger partial charge >= 0.3 is 0 Å². The lowest BCUT2D eigenvalue weighted by Gasteiger charge is -2.10. The van der Waals surface area contributed by atoms with Gasteiger partial charge in [-0.05, 0) is 48.4 Å². The van der Waals surface area contributed by atoms with E-state index in [2.05, 4.69) is 4.98 Å². The molecule has 23 heavy (non-hydrogen) atoms. The highest BCUT2D eigenvalue weighted by Gasteiger charge is 2.08. The molecule has 118 valence electrons. The van der Waals surface area contributed by atoms with Gasteiger partial charge in [-0.25, -0.2) is 0 Å². The predicted molar refractivity (Wildman–Crippen MR) is 98.6 cm³/mol. The van der Waals surface area contributed by atoms with Gasteiger partial charge in [-0.1, -0.05) is 11.6 Å². The minimum atomic E-state index is 0.645. The molecule has 0 unspecified atom stereocenters. The van der Waals surface area contributed by atoms with E-state index >= 15 is 0 Å². The molecule has 5 heteroatoms. The average Bonchev–Trinajstić information content (AvgIpc) is 2.57. The molecule has 2 aromatic carbocycles. The summed E-state index contributed by atoms with van der Waals surface area (Å²) < 4.78 is 5.32. The van der Waals surface area contributed by atoms with Gasteiger partial charge in [0.25, 0.3) is 0 Å². The maximum Gasteiger partial charge on any atom is 0.121 e. The highest BCUT2D eigenvalue weighted by atomic mass is 35.5. The van der Waals surface area contributed by atoms with Crippen LogP contribution in [-0.4, -0.2) is 17.8 Å². The summed E-state index contributed by atoms with van der Waals surface area (Å²) >= 11 is 7.72. The summed E-state index contributed by atoms with van der Waals surface area (Å²) in [5, 5.41) is 1.82. The Bertz CT molecular complexity index is 821. The number of thioether (sulfide) groups is 1. The molecule has 0 bridgehead atoms. The molecule has 3 nitrogen and oxygen atoms in total. The molecule has 0 aliphatic heterocycles. The molecular weight excluding hydrogens is 328 g/mol. The van der Waals surface area contributed by atoms with Gasteiger partial charge in [-0.2, -0.15) is 0 Å². The number of benzene rings is 2. The predicted octanol–water partition coefficient (Wildman–Crippen LogP) is 4.81. The minimum absolute atomic E-state index is 0.645. The second-order valence-corrected chi connectivity index (χ2v) is 6.74. The second-order valence-electron chi connectivity index (χ2n) is 5.14. The molecule has 0 radical (unpaired) electrons. The van der Waals surface area contributed by atoms with E-state index in [-0.39, 0.29) is 0 Å². The molecule has 1 aromatic heterocycles. The van der Waals surface area contributed by atoms with Crippen LogP contribution in [-0.2, 0) is 6.42 Å². The Labute approximate surface area is 144 Å². The number of fused-ring (bicyclic) bond motifs is 1. The fourth-order valence-electron chi connectivity index (χ4n) is 2.46. The van der Waals surface area contributed by atoms with Crippen LogP contribution in [0.25, 0.3) is 10.9 Å². The molecule has 2 N–H and O–H groups in total. The first kappa shape index (κ1) is 16.0. The topological polar surface area (TPSA) is 48.1 Å². The molecule has 1 heterocycles. The molecule has 0 aliphatic rings. The Balaban J connectivity index is 1.79. The zero-order valence-corrected chi connectivity index (χ0v) is 14.3. The number of methoxy groups -OCH3 is 1. The highest BCUT2D eigenvalue weighted by molar-refractivity contribution is 7.99. The number of rotatable bonds is 5. The maximum absolute atomic E-state index is 6.08. The van der Waals surface area contributed by atoms with Gasteiger partial charge in [0, 0.05) is 33.3 Å². The number of halogens is 1. The van der Waals surface area contributed by atoms with E-state index in [9.17, 15) is 0 Å². The third kappa shape index (κ3) is 3.71. The Morgan fingerprint density at radius 2 is 1.96 bits per heavy atom. The van der Waals surface area contributed by atoms with Gasteiger partial charge in [-0.3, -0.25) is 4.98 Å². The van der Waals surface area contributed by atoms with E-state index in [4.69, 9.17) is 22.1 Å². The fourth-order valence-corrected chi connectivity index (χ4v) is 3.47. The van der Waals surface area contributed by atoms with E-state index in [1.54, 1.807) is 18.9 Å². The van der Waals surface area contributed by atoms with E-state index in [1.807, 2.05) is 48.7 Å². The SMILES string of the molecule is COc1cc(N)c2nccc(CCSc3ccc(Cl)cc3)c2c1. The lowest BCUT2D eigenvalue weighted by Crippen LogP contribution is -1.97.